The molecule has 0 spiro atoms. The molecule has 0 aromatic heterocycles. The second kappa shape index (κ2) is 6.30. The lowest BCUT2D eigenvalue weighted by Crippen LogP contribution is -2.46. The summed E-state index contributed by atoms with van der Waals surface area (Å²) in [5.74, 6) is 0.404. The van der Waals surface area contributed by atoms with Gasteiger partial charge in [-0.25, -0.2) is 4.39 Å². The van der Waals surface area contributed by atoms with Gasteiger partial charge in [-0.05, 0) is 12.0 Å². The minimum atomic E-state index is -0.0682. The second-order valence-electron chi connectivity index (χ2n) is 5.14. The molecule has 1 aromatic rings. The normalized spacial score (nSPS) is 20.6. The Hall–Kier alpha value is -0.930. The number of nitrogens with zero attached hydrogens (tertiary/aromatic N) is 1. The maximum Gasteiger partial charge on any atom is 0.127 e. The molecule has 2 rings (SSSR count). The third kappa shape index (κ3) is 2.90. The van der Waals surface area contributed by atoms with Crippen molar-refractivity contribution in [2.45, 2.75) is 26.3 Å². The molecule has 1 saturated heterocycles. The van der Waals surface area contributed by atoms with Gasteiger partial charge in [0.1, 0.15) is 5.82 Å². The Morgan fingerprint density at radius 1 is 1.28 bits per heavy atom. The molecule has 0 aliphatic carbocycles. The molecule has 100 valence electrons. The third-order valence-electron chi connectivity index (χ3n) is 3.95. The fraction of sp³-hybridized carbons (Fsp3) is 0.600. The van der Waals surface area contributed by atoms with Crippen LogP contribution in [0.3, 0.4) is 0 Å². The van der Waals surface area contributed by atoms with Gasteiger partial charge < -0.3 is 5.32 Å². The van der Waals surface area contributed by atoms with Gasteiger partial charge in [-0.2, -0.15) is 0 Å². The van der Waals surface area contributed by atoms with E-state index in [0.29, 0.717) is 5.92 Å². The first-order chi connectivity index (χ1) is 8.74. The summed E-state index contributed by atoms with van der Waals surface area (Å²) >= 11 is 0. The Morgan fingerprint density at radius 2 is 1.94 bits per heavy atom. The Bertz CT molecular complexity index is 375. The standard InChI is InChI=1S/C15H23FN2/c1-3-12(2)15(18-10-8-17-9-11-18)13-6-4-5-7-14(13)16/h4-7,12,15,17H,3,8-11H2,1-2H3/t12?,15-/m0/s1. The van der Waals surface area contributed by atoms with Gasteiger partial charge in [0.15, 0.2) is 0 Å². The summed E-state index contributed by atoms with van der Waals surface area (Å²) in [6.07, 6.45) is 1.07. The molecular weight excluding hydrogens is 227 g/mol. The first-order valence-electron chi connectivity index (χ1n) is 6.93. The number of piperazine rings is 1. The smallest absolute Gasteiger partial charge is 0.127 e. The topological polar surface area (TPSA) is 15.3 Å². The number of nitrogens with one attached hydrogen (secondary N) is 1. The highest BCUT2D eigenvalue weighted by molar-refractivity contribution is 5.22. The SMILES string of the molecule is CCC(C)[C@@H](c1ccccc1F)N1CCNCC1. The minimum Gasteiger partial charge on any atom is -0.314 e. The van der Waals surface area contributed by atoms with Crippen LogP contribution in [0.2, 0.25) is 0 Å². The van der Waals surface area contributed by atoms with Crippen LogP contribution in [0.5, 0.6) is 0 Å². The lowest BCUT2D eigenvalue weighted by atomic mass is 9.90. The molecule has 1 fully saturated rings. The van der Waals surface area contributed by atoms with Gasteiger partial charge in [-0.3, -0.25) is 4.90 Å². The van der Waals surface area contributed by atoms with E-state index in [1.54, 1.807) is 12.1 Å². The maximum atomic E-state index is 14.0. The molecule has 3 heteroatoms. The van der Waals surface area contributed by atoms with Crippen LogP contribution in [0, 0.1) is 11.7 Å². The second-order valence-corrected chi connectivity index (χ2v) is 5.14. The molecule has 1 unspecified atom stereocenters. The van der Waals surface area contributed by atoms with Crippen LogP contribution in [-0.2, 0) is 0 Å². The first-order valence-corrected chi connectivity index (χ1v) is 6.93. The summed E-state index contributed by atoms with van der Waals surface area (Å²) < 4.78 is 14.0. The van der Waals surface area contributed by atoms with E-state index in [4.69, 9.17) is 0 Å². The van der Waals surface area contributed by atoms with Gasteiger partial charge >= 0.3 is 0 Å². The van der Waals surface area contributed by atoms with Crippen molar-refractivity contribution in [3.05, 3.63) is 35.6 Å². The minimum absolute atomic E-state index is 0.0682. The van der Waals surface area contributed by atoms with Crippen molar-refractivity contribution in [1.29, 1.82) is 0 Å². The molecule has 0 amide bonds. The Kier molecular flexibility index (Phi) is 4.72. The monoisotopic (exact) mass is 250 g/mol. The fourth-order valence-corrected chi connectivity index (χ4v) is 2.76. The Balaban J connectivity index is 2.27. The van der Waals surface area contributed by atoms with Crippen molar-refractivity contribution >= 4 is 0 Å². The molecule has 2 nitrogen and oxygen atoms in total. The van der Waals surface area contributed by atoms with Crippen molar-refractivity contribution in [3.63, 3.8) is 0 Å². The van der Waals surface area contributed by atoms with E-state index >= 15 is 0 Å². The third-order valence-corrected chi connectivity index (χ3v) is 3.95. The first kappa shape index (κ1) is 13.5. The highest BCUT2D eigenvalue weighted by Crippen LogP contribution is 2.32. The zero-order chi connectivity index (χ0) is 13.0. The average molecular weight is 250 g/mol. The van der Waals surface area contributed by atoms with Gasteiger partial charge in [0.2, 0.25) is 0 Å². The van der Waals surface area contributed by atoms with Crippen LogP contribution in [0.1, 0.15) is 31.9 Å². The van der Waals surface area contributed by atoms with Crippen molar-refractivity contribution < 1.29 is 4.39 Å². The number of halogens is 1. The van der Waals surface area contributed by atoms with Gasteiger partial charge in [0.05, 0.1) is 0 Å². The Morgan fingerprint density at radius 3 is 2.56 bits per heavy atom. The maximum absolute atomic E-state index is 14.0. The van der Waals surface area contributed by atoms with Crippen LogP contribution >= 0.6 is 0 Å². The van der Waals surface area contributed by atoms with Crippen LogP contribution < -0.4 is 5.32 Å². The zero-order valence-corrected chi connectivity index (χ0v) is 11.3. The zero-order valence-electron chi connectivity index (χ0n) is 11.3. The molecule has 2 atom stereocenters. The molecule has 0 bridgehead atoms. The predicted molar refractivity (Wildman–Crippen MR) is 73.0 cm³/mol. The predicted octanol–water partition coefficient (Wildman–Crippen LogP) is 2.82. The van der Waals surface area contributed by atoms with Crippen LogP contribution in [0.4, 0.5) is 4.39 Å². The van der Waals surface area contributed by atoms with Gasteiger partial charge in [-0.15, -0.1) is 0 Å². The van der Waals surface area contributed by atoms with Gasteiger partial charge in [0, 0.05) is 37.8 Å². The largest absolute Gasteiger partial charge is 0.314 e. The number of hydrogen-bond acceptors (Lipinski definition) is 2. The van der Waals surface area contributed by atoms with Gasteiger partial charge in [-0.1, -0.05) is 38.5 Å². The van der Waals surface area contributed by atoms with E-state index < -0.39 is 0 Å². The highest BCUT2D eigenvalue weighted by atomic mass is 19.1. The fourth-order valence-electron chi connectivity index (χ4n) is 2.76. The van der Waals surface area contributed by atoms with Crippen LogP contribution in [0.15, 0.2) is 24.3 Å². The summed E-state index contributed by atoms with van der Waals surface area (Å²) in [5, 5.41) is 3.36. The van der Waals surface area contributed by atoms with Crippen molar-refractivity contribution in [2.24, 2.45) is 5.92 Å². The van der Waals surface area contributed by atoms with E-state index in [0.717, 1.165) is 38.2 Å². The van der Waals surface area contributed by atoms with Crippen molar-refractivity contribution in [2.75, 3.05) is 26.2 Å². The van der Waals surface area contributed by atoms with E-state index in [2.05, 4.69) is 24.1 Å². The molecule has 1 aromatic carbocycles. The molecule has 0 radical (unpaired) electrons. The van der Waals surface area contributed by atoms with E-state index in [-0.39, 0.29) is 11.9 Å². The summed E-state index contributed by atoms with van der Waals surface area (Å²) in [5.41, 5.74) is 0.855. The van der Waals surface area contributed by atoms with E-state index in [1.165, 1.54) is 0 Å². The molecule has 1 heterocycles. The van der Waals surface area contributed by atoms with Crippen molar-refractivity contribution in [1.82, 2.24) is 10.2 Å². The molecule has 18 heavy (non-hydrogen) atoms. The van der Waals surface area contributed by atoms with Gasteiger partial charge in [0.25, 0.3) is 0 Å². The summed E-state index contributed by atoms with van der Waals surface area (Å²) in [6.45, 7) is 8.41. The van der Waals surface area contributed by atoms with Crippen molar-refractivity contribution in [3.8, 4) is 0 Å². The lowest BCUT2D eigenvalue weighted by Gasteiger charge is -2.38. The molecule has 1 aliphatic heterocycles. The summed E-state index contributed by atoms with van der Waals surface area (Å²) in [4.78, 5) is 2.42. The van der Waals surface area contributed by atoms with E-state index in [1.807, 2.05) is 12.1 Å². The quantitative estimate of drug-likeness (QED) is 0.884. The highest BCUT2D eigenvalue weighted by Gasteiger charge is 2.28. The van der Waals surface area contributed by atoms with Crippen LogP contribution in [-0.4, -0.2) is 31.1 Å². The van der Waals surface area contributed by atoms with E-state index in [9.17, 15) is 4.39 Å². The van der Waals surface area contributed by atoms with Crippen LogP contribution in [0.25, 0.3) is 0 Å². The molecule has 0 saturated carbocycles. The number of rotatable bonds is 4. The molecule has 1 aliphatic rings. The number of benzene rings is 1. The lowest BCUT2D eigenvalue weighted by molar-refractivity contribution is 0.125. The molecular formula is C15H23FN2. The molecule has 1 N–H and O–H groups in total. The average Bonchev–Trinajstić information content (AvgIpc) is 2.42. The Labute approximate surface area is 109 Å². The number of hydrogen-bond donors (Lipinski definition) is 1. The summed E-state index contributed by atoms with van der Waals surface area (Å²) in [7, 11) is 0. The summed E-state index contributed by atoms with van der Waals surface area (Å²) in [6, 6.07) is 7.43.